The Bertz CT molecular complexity index is 688. The van der Waals surface area contributed by atoms with E-state index in [9.17, 15) is 18.0 Å². The zero-order valence-corrected chi connectivity index (χ0v) is 11.9. The van der Waals surface area contributed by atoms with Crippen molar-refractivity contribution < 1.29 is 27.4 Å². The number of carbonyl (C=O) groups is 1. The molecule has 0 saturated carbocycles. The van der Waals surface area contributed by atoms with Gasteiger partial charge in [0.2, 0.25) is 10.8 Å². The van der Waals surface area contributed by atoms with E-state index in [1.807, 2.05) is 0 Å². The van der Waals surface area contributed by atoms with Crippen LogP contribution in [0.4, 0.5) is 13.2 Å². The fourth-order valence-corrected chi connectivity index (χ4v) is 2.44. The van der Waals surface area contributed by atoms with E-state index in [2.05, 4.69) is 9.72 Å². The Labute approximate surface area is 122 Å². The van der Waals surface area contributed by atoms with E-state index in [0.29, 0.717) is 6.07 Å². The molecular formula is C13H10F3NO3S. The van der Waals surface area contributed by atoms with Crippen molar-refractivity contribution in [1.29, 1.82) is 0 Å². The van der Waals surface area contributed by atoms with Gasteiger partial charge in [0.15, 0.2) is 17.4 Å². The molecular weight excluding hydrogens is 307 g/mol. The monoisotopic (exact) mass is 317 g/mol. The minimum absolute atomic E-state index is 0.00468. The quantitative estimate of drug-likeness (QED) is 0.640. The second-order valence-electron chi connectivity index (χ2n) is 3.82. The maximum Gasteiger partial charge on any atom is 0.367 e. The fraction of sp³-hybridized carbons (Fsp3) is 0.231. The summed E-state index contributed by atoms with van der Waals surface area (Å²) in [6, 6.07) is 0.690. The molecule has 0 saturated heterocycles. The predicted octanol–water partition coefficient (Wildman–Crippen LogP) is 3.41. The van der Waals surface area contributed by atoms with Crippen LogP contribution in [0.2, 0.25) is 0 Å². The van der Waals surface area contributed by atoms with Gasteiger partial charge in [-0.25, -0.2) is 18.6 Å². The van der Waals surface area contributed by atoms with Gasteiger partial charge in [-0.15, -0.1) is 11.3 Å². The maximum atomic E-state index is 14.1. The average Bonchev–Trinajstić information content (AvgIpc) is 2.93. The lowest BCUT2D eigenvalue weighted by Gasteiger charge is -2.07. The van der Waals surface area contributed by atoms with Gasteiger partial charge in [0.05, 0.1) is 18.6 Å². The number of nitrogens with zero attached hydrogens (tertiary/aromatic N) is 1. The zero-order chi connectivity index (χ0) is 15.6. The third-order valence-electron chi connectivity index (χ3n) is 2.54. The van der Waals surface area contributed by atoms with E-state index in [4.69, 9.17) is 4.74 Å². The van der Waals surface area contributed by atoms with Crippen molar-refractivity contribution in [2.75, 3.05) is 13.7 Å². The Morgan fingerprint density at radius 3 is 2.67 bits per heavy atom. The summed E-state index contributed by atoms with van der Waals surface area (Å²) in [5.41, 5.74) is -0.237. The highest BCUT2D eigenvalue weighted by atomic mass is 32.1. The molecule has 1 aromatic heterocycles. The lowest BCUT2D eigenvalue weighted by molar-refractivity contribution is 0.0526. The van der Waals surface area contributed by atoms with E-state index in [-0.39, 0.29) is 22.1 Å². The van der Waals surface area contributed by atoms with E-state index in [1.165, 1.54) is 6.20 Å². The molecule has 8 heteroatoms. The molecule has 0 atom stereocenters. The van der Waals surface area contributed by atoms with Gasteiger partial charge >= 0.3 is 5.97 Å². The number of esters is 1. The Balaban J connectivity index is 2.48. The summed E-state index contributed by atoms with van der Waals surface area (Å²) in [5.74, 6) is -5.21. The molecule has 21 heavy (non-hydrogen) atoms. The number of benzene rings is 1. The minimum Gasteiger partial charge on any atom is -0.491 e. The average molecular weight is 317 g/mol. The molecule has 1 aromatic carbocycles. The molecule has 0 aliphatic rings. The number of aromatic nitrogens is 1. The largest absolute Gasteiger partial charge is 0.491 e. The normalized spacial score (nSPS) is 10.5. The first-order valence-electron chi connectivity index (χ1n) is 5.84. The van der Waals surface area contributed by atoms with Gasteiger partial charge in [0.25, 0.3) is 0 Å². The molecule has 2 aromatic rings. The molecule has 0 spiro atoms. The molecule has 0 bridgehead atoms. The van der Waals surface area contributed by atoms with Gasteiger partial charge in [0, 0.05) is 11.8 Å². The van der Waals surface area contributed by atoms with Crippen LogP contribution in [0.25, 0.3) is 10.4 Å². The third kappa shape index (κ3) is 2.85. The number of methoxy groups -OCH3 is 1. The molecule has 0 unspecified atom stereocenters. The van der Waals surface area contributed by atoms with Crippen LogP contribution in [0.15, 0.2) is 12.3 Å². The van der Waals surface area contributed by atoms with Crippen LogP contribution < -0.4 is 4.74 Å². The second-order valence-corrected chi connectivity index (χ2v) is 4.85. The lowest BCUT2D eigenvalue weighted by atomic mass is 10.1. The summed E-state index contributed by atoms with van der Waals surface area (Å²) in [7, 11) is 1.03. The van der Waals surface area contributed by atoms with Crippen molar-refractivity contribution in [2.24, 2.45) is 0 Å². The highest BCUT2D eigenvalue weighted by molar-refractivity contribution is 7.16. The molecule has 0 amide bonds. The van der Waals surface area contributed by atoms with Gasteiger partial charge in [-0.1, -0.05) is 0 Å². The molecule has 2 rings (SSSR count). The number of rotatable bonds is 4. The summed E-state index contributed by atoms with van der Waals surface area (Å²) >= 11 is 0.812. The highest BCUT2D eigenvalue weighted by Crippen LogP contribution is 2.35. The predicted molar refractivity (Wildman–Crippen MR) is 69.9 cm³/mol. The first-order valence-corrected chi connectivity index (χ1v) is 6.66. The SMILES string of the molecule is CCOC(=O)c1ncc(-c2cc(F)c(F)c(OC)c2F)s1. The molecule has 0 fully saturated rings. The van der Waals surface area contributed by atoms with Crippen molar-refractivity contribution in [2.45, 2.75) is 6.92 Å². The van der Waals surface area contributed by atoms with Gasteiger partial charge in [-0.2, -0.15) is 4.39 Å². The Kier molecular flexibility index (Phi) is 4.46. The molecule has 0 aliphatic heterocycles. The standard InChI is InChI=1S/C13H10F3NO3S/c1-3-20-13(18)12-17-5-8(21-12)6-4-7(14)10(16)11(19-2)9(6)15/h4-5H,3H2,1-2H3. The van der Waals surface area contributed by atoms with Gasteiger partial charge in [-0.05, 0) is 13.0 Å². The summed E-state index contributed by atoms with van der Waals surface area (Å²) in [5, 5.41) is -0.00468. The van der Waals surface area contributed by atoms with Crippen LogP contribution in [-0.2, 0) is 4.74 Å². The Hall–Kier alpha value is -2.09. The topological polar surface area (TPSA) is 48.4 Å². The molecule has 1 heterocycles. The molecule has 0 radical (unpaired) electrons. The smallest absolute Gasteiger partial charge is 0.367 e. The van der Waals surface area contributed by atoms with Crippen LogP contribution >= 0.6 is 11.3 Å². The second kappa shape index (κ2) is 6.13. The summed E-state index contributed by atoms with van der Waals surface area (Å²) in [4.78, 5) is 15.4. The number of carbonyl (C=O) groups excluding carboxylic acids is 1. The van der Waals surface area contributed by atoms with Crippen LogP contribution in [-0.4, -0.2) is 24.7 Å². The van der Waals surface area contributed by atoms with Gasteiger partial charge in [-0.3, -0.25) is 0 Å². The fourth-order valence-electron chi connectivity index (χ4n) is 1.62. The molecule has 4 nitrogen and oxygen atoms in total. The van der Waals surface area contributed by atoms with Crippen LogP contribution in [0.1, 0.15) is 16.7 Å². The van der Waals surface area contributed by atoms with Crippen molar-refractivity contribution in [1.82, 2.24) is 4.98 Å². The van der Waals surface area contributed by atoms with Crippen molar-refractivity contribution in [3.63, 3.8) is 0 Å². The van der Waals surface area contributed by atoms with Gasteiger partial charge in [0.1, 0.15) is 0 Å². The highest BCUT2D eigenvalue weighted by Gasteiger charge is 2.22. The third-order valence-corrected chi connectivity index (χ3v) is 3.55. The first kappa shape index (κ1) is 15.3. The number of ether oxygens (including phenoxy) is 2. The number of hydrogen-bond donors (Lipinski definition) is 0. The van der Waals surface area contributed by atoms with Crippen molar-refractivity contribution in [3.05, 3.63) is 34.7 Å². The Morgan fingerprint density at radius 2 is 2.05 bits per heavy atom. The molecule has 0 aliphatic carbocycles. The van der Waals surface area contributed by atoms with Crippen LogP contribution in [0.5, 0.6) is 5.75 Å². The summed E-state index contributed by atoms with van der Waals surface area (Å²) in [6.45, 7) is 1.80. The summed E-state index contributed by atoms with van der Waals surface area (Å²) < 4.78 is 50.2. The Morgan fingerprint density at radius 1 is 1.33 bits per heavy atom. The van der Waals surface area contributed by atoms with Crippen LogP contribution in [0, 0.1) is 17.5 Å². The number of thiazole rings is 1. The van der Waals surface area contributed by atoms with Gasteiger partial charge < -0.3 is 9.47 Å². The summed E-state index contributed by atoms with van der Waals surface area (Å²) in [6.07, 6.45) is 1.19. The van der Waals surface area contributed by atoms with E-state index < -0.39 is 29.2 Å². The zero-order valence-electron chi connectivity index (χ0n) is 11.1. The number of hydrogen-bond acceptors (Lipinski definition) is 5. The van der Waals surface area contributed by atoms with E-state index >= 15 is 0 Å². The van der Waals surface area contributed by atoms with E-state index in [1.54, 1.807) is 6.92 Å². The van der Waals surface area contributed by atoms with Crippen molar-refractivity contribution >= 4 is 17.3 Å². The number of halogens is 3. The molecule has 0 N–H and O–H groups in total. The first-order chi connectivity index (χ1) is 9.99. The lowest BCUT2D eigenvalue weighted by Crippen LogP contribution is -2.03. The van der Waals surface area contributed by atoms with E-state index in [0.717, 1.165) is 18.4 Å². The van der Waals surface area contributed by atoms with Crippen LogP contribution in [0.3, 0.4) is 0 Å². The maximum absolute atomic E-state index is 14.1. The van der Waals surface area contributed by atoms with Crippen molar-refractivity contribution in [3.8, 4) is 16.2 Å². The minimum atomic E-state index is -1.41. The molecule has 112 valence electrons.